The first-order valence-electron chi connectivity index (χ1n) is 9.93. The molecule has 3 N–H and O–H groups in total. The van der Waals surface area contributed by atoms with Gasteiger partial charge in [0.15, 0.2) is 12.0 Å². The summed E-state index contributed by atoms with van der Waals surface area (Å²) in [5.41, 5.74) is 2.11. The number of phenolic OH excluding ortho intramolecular Hbond substituents is 1. The molecule has 0 atom stereocenters. The summed E-state index contributed by atoms with van der Waals surface area (Å²) in [4.78, 5) is 28.0. The molecule has 0 saturated heterocycles. The number of hydrogen-bond donors (Lipinski definition) is 3. The fraction of sp³-hybridized carbons (Fsp3) is 0.0400. The van der Waals surface area contributed by atoms with Gasteiger partial charge in [-0.1, -0.05) is 36.4 Å². The number of anilines is 1. The van der Waals surface area contributed by atoms with Crippen molar-refractivity contribution in [1.82, 2.24) is 4.98 Å². The van der Waals surface area contributed by atoms with Crippen molar-refractivity contribution in [2.45, 2.75) is 0 Å². The predicted molar refractivity (Wildman–Crippen MR) is 122 cm³/mol. The van der Waals surface area contributed by atoms with Crippen molar-refractivity contribution in [3.05, 3.63) is 89.2 Å². The van der Waals surface area contributed by atoms with Crippen molar-refractivity contribution in [2.24, 2.45) is 0 Å². The number of aromatic amines is 1. The van der Waals surface area contributed by atoms with Gasteiger partial charge in [0.05, 0.1) is 5.69 Å². The van der Waals surface area contributed by atoms with Crippen molar-refractivity contribution in [2.75, 3.05) is 11.9 Å². The van der Waals surface area contributed by atoms with Gasteiger partial charge in [0, 0.05) is 40.9 Å². The summed E-state index contributed by atoms with van der Waals surface area (Å²) in [6, 6.07) is 20.7. The third-order valence-electron chi connectivity index (χ3n) is 5.08. The Kier molecular flexibility index (Phi) is 4.84. The summed E-state index contributed by atoms with van der Waals surface area (Å²) >= 11 is 0. The van der Waals surface area contributed by atoms with Crippen molar-refractivity contribution >= 4 is 33.5 Å². The van der Waals surface area contributed by atoms with Crippen molar-refractivity contribution in [3.63, 3.8) is 0 Å². The molecule has 0 unspecified atom stereocenters. The van der Waals surface area contributed by atoms with Crippen LogP contribution in [0.25, 0.3) is 33.2 Å². The molecule has 7 nitrogen and oxygen atoms in total. The highest BCUT2D eigenvalue weighted by Gasteiger charge is 2.14. The number of hydrogen-bond acceptors (Lipinski definition) is 5. The first-order chi connectivity index (χ1) is 15.6. The fourth-order valence-electron chi connectivity index (χ4n) is 3.60. The number of carbonyl (C=O) groups is 1. The lowest BCUT2D eigenvalue weighted by molar-refractivity contribution is -0.118. The summed E-state index contributed by atoms with van der Waals surface area (Å²) in [5.74, 6) is -0.0588. The number of aromatic nitrogens is 1. The van der Waals surface area contributed by atoms with Gasteiger partial charge in [0.1, 0.15) is 28.2 Å². The quantitative estimate of drug-likeness (QED) is 0.379. The van der Waals surface area contributed by atoms with Crippen molar-refractivity contribution in [3.8, 4) is 22.8 Å². The van der Waals surface area contributed by atoms with Crippen LogP contribution in [-0.4, -0.2) is 22.6 Å². The summed E-state index contributed by atoms with van der Waals surface area (Å²) in [5, 5.41) is 14.1. The number of ether oxygens (including phenoxy) is 1. The Morgan fingerprint density at radius 2 is 1.88 bits per heavy atom. The number of benzene rings is 3. The minimum absolute atomic E-state index is 0.0561. The molecule has 3 aromatic carbocycles. The van der Waals surface area contributed by atoms with Gasteiger partial charge in [-0.3, -0.25) is 9.59 Å². The van der Waals surface area contributed by atoms with Gasteiger partial charge in [-0.05, 0) is 18.2 Å². The van der Waals surface area contributed by atoms with Crippen molar-refractivity contribution in [1.29, 1.82) is 0 Å². The molecule has 5 aromatic rings. The molecule has 7 heteroatoms. The topological polar surface area (TPSA) is 105 Å². The van der Waals surface area contributed by atoms with Crippen LogP contribution < -0.4 is 15.5 Å². The van der Waals surface area contributed by atoms with Crippen LogP contribution >= 0.6 is 0 Å². The van der Waals surface area contributed by atoms with Gasteiger partial charge in [0.25, 0.3) is 5.91 Å². The molecule has 0 aliphatic heterocycles. The van der Waals surface area contributed by atoms with E-state index in [1.54, 1.807) is 12.3 Å². The summed E-state index contributed by atoms with van der Waals surface area (Å²) in [7, 11) is 0. The maximum absolute atomic E-state index is 12.5. The number of carbonyl (C=O) groups excluding carboxylic acids is 1. The number of fused-ring (bicyclic) bond motifs is 2. The number of aromatic hydroxyl groups is 1. The molecule has 5 rings (SSSR count). The maximum Gasteiger partial charge on any atom is 0.262 e. The molecule has 0 fully saturated rings. The lowest BCUT2D eigenvalue weighted by Crippen LogP contribution is -2.20. The van der Waals surface area contributed by atoms with Crippen LogP contribution in [0.4, 0.5) is 5.69 Å². The summed E-state index contributed by atoms with van der Waals surface area (Å²) in [6.45, 7) is -0.283. The number of rotatable bonds is 5. The van der Waals surface area contributed by atoms with Gasteiger partial charge in [0.2, 0.25) is 0 Å². The second-order valence-electron chi connectivity index (χ2n) is 7.24. The van der Waals surface area contributed by atoms with E-state index in [9.17, 15) is 14.7 Å². The Hall–Kier alpha value is -4.52. The number of amides is 1. The zero-order valence-corrected chi connectivity index (χ0v) is 16.8. The third-order valence-corrected chi connectivity index (χ3v) is 5.08. The SMILES string of the molecule is O=C(COc1cc(O)c2c(=O)cc(-c3ccccc3)oc2c1)Nc1cccc2[nH]ccc12. The average molecular weight is 426 g/mol. The van der Waals surface area contributed by atoms with E-state index >= 15 is 0 Å². The minimum Gasteiger partial charge on any atom is -0.507 e. The highest BCUT2D eigenvalue weighted by molar-refractivity contribution is 6.01. The monoisotopic (exact) mass is 426 g/mol. The molecule has 1 amide bonds. The lowest BCUT2D eigenvalue weighted by Gasteiger charge is -2.10. The highest BCUT2D eigenvalue weighted by atomic mass is 16.5. The smallest absolute Gasteiger partial charge is 0.262 e. The number of phenols is 1. The zero-order valence-electron chi connectivity index (χ0n) is 16.8. The normalized spacial score (nSPS) is 11.0. The second-order valence-corrected chi connectivity index (χ2v) is 7.24. The summed E-state index contributed by atoms with van der Waals surface area (Å²) in [6.07, 6.45) is 1.80. The highest BCUT2D eigenvalue weighted by Crippen LogP contribution is 2.31. The Morgan fingerprint density at radius 3 is 2.72 bits per heavy atom. The van der Waals surface area contributed by atoms with E-state index in [4.69, 9.17) is 9.15 Å². The average Bonchev–Trinajstić information content (AvgIpc) is 3.28. The first kappa shape index (κ1) is 19.4. The third kappa shape index (κ3) is 3.67. The van der Waals surface area contributed by atoms with Crippen molar-refractivity contribution < 1.29 is 19.1 Å². The second kappa shape index (κ2) is 7.96. The first-order valence-corrected chi connectivity index (χ1v) is 9.93. The van der Waals surface area contributed by atoms with Crippen LogP contribution in [0.5, 0.6) is 11.5 Å². The molecule has 0 aliphatic carbocycles. The molecule has 0 spiro atoms. The van der Waals surface area contributed by atoms with Gasteiger partial charge >= 0.3 is 0 Å². The summed E-state index contributed by atoms with van der Waals surface area (Å²) < 4.78 is 11.4. The van der Waals surface area contributed by atoms with Crippen LogP contribution in [-0.2, 0) is 4.79 Å². The van der Waals surface area contributed by atoms with E-state index in [1.807, 2.05) is 48.5 Å². The van der Waals surface area contributed by atoms with E-state index < -0.39 is 0 Å². The van der Waals surface area contributed by atoms with Gasteiger partial charge in [-0.2, -0.15) is 0 Å². The lowest BCUT2D eigenvalue weighted by atomic mass is 10.1. The molecular formula is C25H18N2O5. The molecule has 2 heterocycles. The largest absolute Gasteiger partial charge is 0.507 e. The van der Waals surface area contributed by atoms with Crippen LogP contribution in [0.15, 0.2) is 88.2 Å². The Labute approximate surface area is 181 Å². The van der Waals surface area contributed by atoms with E-state index in [-0.39, 0.29) is 40.4 Å². The minimum atomic E-state index is -0.369. The predicted octanol–water partition coefficient (Wildman–Crippen LogP) is 4.66. The Balaban J connectivity index is 1.39. The van der Waals surface area contributed by atoms with Crippen LogP contribution in [0, 0.1) is 0 Å². The van der Waals surface area contributed by atoms with Gasteiger partial charge < -0.3 is 24.6 Å². The van der Waals surface area contributed by atoms with E-state index in [0.717, 1.165) is 16.5 Å². The molecule has 0 saturated carbocycles. The molecule has 0 bridgehead atoms. The molecule has 158 valence electrons. The molecule has 2 aromatic heterocycles. The van der Waals surface area contributed by atoms with Crippen LogP contribution in [0.3, 0.4) is 0 Å². The van der Waals surface area contributed by atoms with E-state index in [1.165, 1.54) is 18.2 Å². The standard InChI is InChI=1S/C25H18N2O5/c28-20-11-16(31-14-24(30)27-19-8-4-7-18-17(19)9-10-26-18)12-23-25(20)21(29)13-22(32-23)15-5-2-1-3-6-15/h1-13,26,28H,14H2,(H,27,30). The Bertz CT molecular complexity index is 1500. The van der Waals surface area contributed by atoms with Crippen LogP contribution in [0.1, 0.15) is 0 Å². The Morgan fingerprint density at radius 1 is 1.03 bits per heavy atom. The van der Waals surface area contributed by atoms with E-state index in [2.05, 4.69) is 10.3 Å². The van der Waals surface area contributed by atoms with Gasteiger partial charge in [-0.15, -0.1) is 0 Å². The molecule has 0 aliphatic rings. The number of nitrogens with one attached hydrogen (secondary N) is 2. The zero-order chi connectivity index (χ0) is 22.1. The fourth-order valence-corrected chi connectivity index (χ4v) is 3.60. The molecular weight excluding hydrogens is 408 g/mol. The maximum atomic E-state index is 12.5. The van der Waals surface area contributed by atoms with Gasteiger partial charge in [-0.25, -0.2) is 0 Å². The van der Waals surface area contributed by atoms with E-state index in [0.29, 0.717) is 11.4 Å². The number of H-pyrrole nitrogens is 1. The van der Waals surface area contributed by atoms with Crippen LogP contribution in [0.2, 0.25) is 0 Å². The molecule has 0 radical (unpaired) electrons. The molecule has 32 heavy (non-hydrogen) atoms.